The van der Waals surface area contributed by atoms with Crippen LogP contribution in [0.2, 0.25) is 0 Å². The normalized spacial score (nSPS) is 38.4. The summed E-state index contributed by atoms with van der Waals surface area (Å²) in [5.74, 6) is 1.50. The van der Waals surface area contributed by atoms with Gasteiger partial charge in [0.2, 0.25) is 0 Å². The molecule has 1 saturated carbocycles. The molecule has 0 bridgehead atoms. The molecule has 1 N–H and O–H groups in total. The Hall–Kier alpha value is -0.570. The second-order valence-electron chi connectivity index (χ2n) is 4.17. The lowest BCUT2D eigenvalue weighted by molar-refractivity contribution is -0.144. The molecule has 1 heterocycles. The molecular weight excluding hydrogens is 166 g/mol. The minimum absolute atomic E-state index is 0.0376. The fourth-order valence-corrected chi connectivity index (χ4v) is 2.69. The van der Waals surface area contributed by atoms with Crippen LogP contribution in [0.3, 0.4) is 0 Å². The molecule has 0 aromatic carbocycles. The van der Waals surface area contributed by atoms with Gasteiger partial charge in [-0.1, -0.05) is 12.8 Å². The van der Waals surface area contributed by atoms with E-state index in [1.54, 1.807) is 0 Å². The van der Waals surface area contributed by atoms with Crippen LogP contribution in [0.25, 0.3) is 0 Å². The number of rotatable bonds is 1. The van der Waals surface area contributed by atoms with E-state index in [2.05, 4.69) is 5.32 Å². The first-order valence-corrected chi connectivity index (χ1v) is 5.12. The van der Waals surface area contributed by atoms with E-state index in [1.807, 2.05) is 0 Å². The number of methoxy groups -OCH3 is 1. The van der Waals surface area contributed by atoms with Gasteiger partial charge >= 0.3 is 5.97 Å². The molecule has 3 heteroatoms. The molecule has 0 radical (unpaired) electrons. The molecule has 74 valence electrons. The lowest BCUT2D eigenvalue weighted by Crippen LogP contribution is -2.47. The number of fused-ring (bicyclic) bond motifs is 1. The second-order valence-corrected chi connectivity index (χ2v) is 4.17. The number of nitrogens with one attached hydrogen (secondary N) is 1. The number of ether oxygens (including phenoxy) is 1. The summed E-state index contributed by atoms with van der Waals surface area (Å²) < 4.78 is 4.74. The quantitative estimate of drug-likeness (QED) is 0.615. The SMILES string of the molecule is COC(=O)[C@@H]1C[C@@H]2CCC[C@@H]2CN1. The van der Waals surface area contributed by atoms with Gasteiger partial charge in [-0.25, -0.2) is 0 Å². The Morgan fingerprint density at radius 2 is 2.15 bits per heavy atom. The molecule has 1 aliphatic carbocycles. The molecule has 0 aromatic rings. The van der Waals surface area contributed by atoms with Gasteiger partial charge in [-0.3, -0.25) is 4.79 Å². The second kappa shape index (κ2) is 3.66. The van der Waals surface area contributed by atoms with E-state index in [0.29, 0.717) is 0 Å². The number of carbonyl (C=O) groups is 1. The van der Waals surface area contributed by atoms with E-state index < -0.39 is 0 Å². The Kier molecular flexibility index (Phi) is 2.54. The van der Waals surface area contributed by atoms with E-state index >= 15 is 0 Å². The fraction of sp³-hybridized carbons (Fsp3) is 0.900. The van der Waals surface area contributed by atoms with Crippen LogP contribution in [0.5, 0.6) is 0 Å². The van der Waals surface area contributed by atoms with Crippen molar-refractivity contribution in [2.24, 2.45) is 11.8 Å². The summed E-state index contributed by atoms with van der Waals surface area (Å²) in [6.45, 7) is 1.00. The summed E-state index contributed by atoms with van der Waals surface area (Å²) in [7, 11) is 1.46. The minimum Gasteiger partial charge on any atom is -0.468 e. The molecule has 3 atom stereocenters. The van der Waals surface area contributed by atoms with Crippen LogP contribution in [0.15, 0.2) is 0 Å². The maximum absolute atomic E-state index is 11.3. The molecule has 0 amide bonds. The molecule has 2 fully saturated rings. The van der Waals surface area contributed by atoms with E-state index in [0.717, 1.165) is 24.8 Å². The molecule has 2 rings (SSSR count). The van der Waals surface area contributed by atoms with Crippen molar-refractivity contribution >= 4 is 5.97 Å². The van der Waals surface area contributed by atoms with E-state index in [1.165, 1.54) is 26.4 Å². The Balaban J connectivity index is 1.93. The van der Waals surface area contributed by atoms with E-state index in [4.69, 9.17) is 4.74 Å². The predicted octanol–water partition coefficient (Wildman–Crippen LogP) is 0.938. The Morgan fingerprint density at radius 3 is 2.92 bits per heavy atom. The fourth-order valence-electron chi connectivity index (χ4n) is 2.69. The molecule has 0 aromatic heterocycles. The third-order valence-electron chi connectivity index (χ3n) is 3.47. The number of hydrogen-bond acceptors (Lipinski definition) is 3. The molecule has 3 nitrogen and oxygen atoms in total. The molecule has 1 aliphatic heterocycles. The molecule has 0 unspecified atom stereocenters. The highest BCUT2D eigenvalue weighted by Crippen LogP contribution is 2.37. The lowest BCUT2D eigenvalue weighted by Gasteiger charge is -2.31. The van der Waals surface area contributed by atoms with Gasteiger partial charge in [0.15, 0.2) is 0 Å². The van der Waals surface area contributed by atoms with Crippen LogP contribution in [-0.4, -0.2) is 25.7 Å². The predicted molar refractivity (Wildman–Crippen MR) is 49.3 cm³/mol. The number of esters is 1. The molecular formula is C10H17NO2. The standard InChI is InChI=1S/C10H17NO2/c1-13-10(12)9-5-7-3-2-4-8(7)6-11-9/h7-9,11H,2-6H2,1H3/t7-,8+,9-/m0/s1. The van der Waals surface area contributed by atoms with Crippen LogP contribution in [-0.2, 0) is 9.53 Å². The summed E-state index contributed by atoms with van der Waals surface area (Å²) in [5, 5.41) is 3.27. The summed E-state index contributed by atoms with van der Waals surface area (Å²) in [5.41, 5.74) is 0. The average Bonchev–Trinajstić information content (AvgIpc) is 2.63. The topological polar surface area (TPSA) is 38.3 Å². The van der Waals surface area contributed by atoms with Crippen molar-refractivity contribution in [1.29, 1.82) is 0 Å². The average molecular weight is 183 g/mol. The van der Waals surface area contributed by atoms with Crippen molar-refractivity contribution in [3.8, 4) is 0 Å². The first kappa shape index (κ1) is 9.00. The van der Waals surface area contributed by atoms with Gasteiger partial charge in [0, 0.05) is 0 Å². The van der Waals surface area contributed by atoms with Crippen molar-refractivity contribution < 1.29 is 9.53 Å². The largest absolute Gasteiger partial charge is 0.468 e. The third-order valence-corrected chi connectivity index (χ3v) is 3.47. The zero-order valence-electron chi connectivity index (χ0n) is 8.08. The van der Waals surface area contributed by atoms with Gasteiger partial charge in [0.25, 0.3) is 0 Å². The smallest absolute Gasteiger partial charge is 0.322 e. The summed E-state index contributed by atoms with van der Waals surface area (Å²) in [6, 6.07) is -0.0376. The maximum Gasteiger partial charge on any atom is 0.322 e. The van der Waals surface area contributed by atoms with Crippen LogP contribution in [0.1, 0.15) is 25.7 Å². The molecule has 13 heavy (non-hydrogen) atoms. The summed E-state index contributed by atoms with van der Waals surface area (Å²) in [6.07, 6.45) is 4.97. The third kappa shape index (κ3) is 1.70. The van der Waals surface area contributed by atoms with Crippen LogP contribution < -0.4 is 5.32 Å². The lowest BCUT2D eigenvalue weighted by atomic mass is 9.86. The highest BCUT2D eigenvalue weighted by Gasteiger charge is 2.36. The van der Waals surface area contributed by atoms with Crippen LogP contribution >= 0.6 is 0 Å². The highest BCUT2D eigenvalue weighted by atomic mass is 16.5. The van der Waals surface area contributed by atoms with Crippen molar-refractivity contribution in [2.45, 2.75) is 31.7 Å². The monoisotopic (exact) mass is 183 g/mol. The van der Waals surface area contributed by atoms with Gasteiger partial charge in [-0.2, -0.15) is 0 Å². The first-order valence-electron chi connectivity index (χ1n) is 5.12. The van der Waals surface area contributed by atoms with Gasteiger partial charge in [-0.05, 0) is 31.2 Å². The van der Waals surface area contributed by atoms with Gasteiger partial charge in [-0.15, -0.1) is 0 Å². The zero-order chi connectivity index (χ0) is 9.26. The van der Waals surface area contributed by atoms with Crippen molar-refractivity contribution in [3.63, 3.8) is 0 Å². The van der Waals surface area contributed by atoms with Crippen molar-refractivity contribution in [3.05, 3.63) is 0 Å². The molecule has 0 spiro atoms. The maximum atomic E-state index is 11.3. The Labute approximate surface area is 78.8 Å². The van der Waals surface area contributed by atoms with E-state index in [-0.39, 0.29) is 12.0 Å². The number of carbonyl (C=O) groups excluding carboxylic acids is 1. The summed E-state index contributed by atoms with van der Waals surface area (Å²) >= 11 is 0. The highest BCUT2D eigenvalue weighted by molar-refractivity contribution is 5.75. The van der Waals surface area contributed by atoms with Crippen molar-refractivity contribution in [2.75, 3.05) is 13.7 Å². The minimum atomic E-state index is -0.0923. The Bertz CT molecular complexity index is 205. The van der Waals surface area contributed by atoms with Gasteiger partial charge in [0.05, 0.1) is 7.11 Å². The van der Waals surface area contributed by atoms with Crippen LogP contribution in [0, 0.1) is 11.8 Å². The number of hydrogen-bond donors (Lipinski definition) is 1. The van der Waals surface area contributed by atoms with Crippen molar-refractivity contribution in [1.82, 2.24) is 5.32 Å². The first-order chi connectivity index (χ1) is 6.31. The van der Waals surface area contributed by atoms with E-state index in [9.17, 15) is 4.79 Å². The summed E-state index contributed by atoms with van der Waals surface area (Å²) in [4.78, 5) is 11.3. The molecule has 1 saturated heterocycles. The number of piperidine rings is 1. The van der Waals surface area contributed by atoms with Gasteiger partial charge < -0.3 is 10.1 Å². The molecule has 2 aliphatic rings. The van der Waals surface area contributed by atoms with Gasteiger partial charge in [0.1, 0.15) is 6.04 Å². The van der Waals surface area contributed by atoms with Crippen LogP contribution in [0.4, 0.5) is 0 Å². The zero-order valence-corrected chi connectivity index (χ0v) is 8.08. The Morgan fingerprint density at radius 1 is 1.38 bits per heavy atom.